The van der Waals surface area contributed by atoms with Gasteiger partial charge in [0, 0.05) is 19.3 Å². The Kier molecular flexibility index (Phi) is 8.53. The molecule has 0 aromatic rings. The van der Waals surface area contributed by atoms with Crippen molar-refractivity contribution < 1.29 is 49.8 Å². The van der Waals surface area contributed by atoms with Crippen molar-refractivity contribution in [1.82, 2.24) is 5.32 Å². The van der Waals surface area contributed by atoms with Crippen LogP contribution in [0.1, 0.15) is 32.1 Å². The van der Waals surface area contributed by atoms with Crippen molar-refractivity contribution in [1.29, 1.82) is 0 Å². The van der Waals surface area contributed by atoms with Crippen molar-refractivity contribution >= 4 is 18.2 Å². The second-order valence-corrected chi connectivity index (χ2v) is 6.19. The number of carbonyl (C=O) groups excluding carboxylic acids is 2. The third-order valence-electron chi connectivity index (χ3n) is 4.14. The standard InChI is InChI=1S/C15H25NO10/c17-5-3-1-2-4-10(21)16-11-8(19)6-15(25,14(23)24)26-13(11)12(22)9(20)7-18/h5,8-9,11-13,18-20,22,25H,1-4,6-7H2,(H,16,21)(H,23,24)/t8-,9+,11+,12+,13+,15-/m0/s1. The van der Waals surface area contributed by atoms with E-state index in [0.29, 0.717) is 19.1 Å². The van der Waals surface area contributed by atoms with E-state index < -0.39 is 61.1 Å². The van der Waals surface area contributed by atoms with E-state index in [2.05, 4.69) is 5.32 Å². The number of carbonyl (C=O) groups is 3. The maximum Gasteiger partial charge on any atom is 0.364 e. The summed E-state index contributed by atoms with van der Waals surface area (Å²) >= 11 is 0. The smallest absolute Gasteiger partial charge is 0.364 e. The van der Waals surface area contributed by atoms with Crippen LogP contribution in [-0.2, 0) is 19.1 Å². The zero-order valence-corrected chi connectivity index (χ0v) is 14.0. The molecule has 0 aliphatic carbocycles. The average molecular weight is 379 g/mol. The van der Waals surface area contributed by atoms with Gasteiger partial charge in [0.25, 0.3) is 5.79 Å². The molecule has 6 atom stereocenters. The number of carboxylic acids is 1. The molecule has 11 heteroatoms. The number of carboxylic acid groups (broad SMARTS) is 1. The molecular formula is C15H25NO10. The fourth-order valence-electron chi connectivity index (χ4n) is 2.67. The van der Waals surface area contributed by atoms with Crippen LogP contribution in [0.25, 0.3) is 0 Å². The number of aliphatic carboxylic acids is 1. The SMILES string of the molecule is O=CCCCCC(=O)N[C@H]1[C@H]([C@H](O)[C@H](O)CO)O[C@](O)(C(=O)O)C[C@@H]1O. The van der Waals surface area contributed by atoms with E-state index in [1.54, 1.807) is 0 Å². The van der Waals surface area contributed by atoms with E-state index in [0.717, 1.165) is 0 Å². The number of aliphatic hydroxyl groups excluding tert-OH is 4. The molecule has 1 aliphatic rings. The number of rotatable bonds is 10. The van der Waals surface area contributed by atoms with Gasteiger partial charge in [0.05, 0.1) is 18.8 Å². The summed E-state index contributed by atoms with van der Waals surface area (Å²) in [7, 11) is 0. The fourth-order valence-corrected chi connectivity index (χ4v) is 2.67. The Labute approximate surface area is 149 Å². The van der Waals surface area contributed by atoms with Gasteiger partial charge < -0.3 is 45.5 Å². The molecule has 1 fully saturated rings. The molecular weight excluding hydrogens is 354 g/mol. The van der Waals surface area contributed by atoms with Gasteiger partial charge >= 0.3 is 5.97 Å². The normalized spacial score (nSPS) is 31.0. The van der Waals surface area contributed by atoms with E-state index in [1.807, 2.05) is 0 Å². The third kappa shape index (κ3) is 5.69. The molecule has 0 aromatic heterocycles. The summed E-state index contributed by atoms with van der Waals surface area (Å²) in [6, 6.07) is -1.33. The number of hydrogen-bond donors (Lipinski definition) is 7. The molecule has 0 unspecified atom stereocenters. The molecule has 1 heterocycles. The Morgan fingerprint density at radius 3 is 2.50 bits per heavy atom. The van der Waals surface area contributed by atoms with Crippen LogP contribution < -0.4 is 5.32 Å². The Hall–Kier alpha value is -1.63. The van der Waals surface area contributed by atoms with Crippen LogP contribution in [0.3, 0.4) is 0 Å². The average Bonchev–Trinajstić information content (AvgIpc) is 2.59. The van der Waals surface area contributed by atoms with Crippen LogP contribution in [0, 0.1) is 0 Å². The van der Waals surface area contributed by atoms with Crippen molar-refractivity contribution in [3.63, 3.8) is 0 Å². The monoisotopic (exact) mass is 379 g/mol. The minimum Gasteiger partial charge on any atom is -0.477 e. The first-order chi connectivity index (χ1) is 12.2. The summed E-state index contributed by atoms with van der Waals surface area (Å²) in [6.07, 6.45) is -5.84. The Balaban J connectivity index is 2.89. The summed E-state index contributed by atoms with van der Waals surface area (Å²) in [5, 5.41) is 60.2. The Morgan fingerprint density at radius 1 is 1.31 bits per heavy atom. The lowest BCUT2D eigenvalue weighted by Crippen LogP contribution is -2.67. The van der Waals surface area contributed by atoms with Crippen molar-refractivity contribution in [2.45, 2.75) is 68.3 Å². The molecule has 0 aromatic carbocycles. The fraction of sp³-hybridized carbons (Fsp3) is 0.800. The second-order valence-electron chi connectivity index (χ2n) is 6.19. The molecule has 0 radical (unpaired) electrons. The maximum absolute atomic E-state index is 12.0. The minimum absolute atomic E-state index is 0.00558. The highest BCUT2D eigenvalue weighted by Gasteiger charge is 2.53. The van der Waals surface area contributed by atoms with Gasteiger partial charge in [-0.05, 0) is 12.8 Å². The molecule has 11 nitrogen and oxygen atoms in total. The van der Waals surface area contributed by atoms with E-state index in [-0.39, 0.29) is 12.8 Å². The molecule has 0 spiro atoms. The van der Waals surface area contributed by atoms with Gasteiger partial charge in [-0.3, -0.25) is 4.79 Å². The van der Waals surface area contributed by atoms with E-state index in [1.165, 1.54) is 0 Å². The predicted molar refractivity (Wildman–Crippen MR) is 83.6 cm³/mol. The van der Waals surface area contributed by atoms with Crippen LogP contribution >= 0.6 is 0 Å². The zero-order chi connectivity index (χ0) is 19.9. The topological polar surface area (TPSA) is 194 Å². The maximum atomic E-state index is 12.0. The first kappa shape index (κ1) is 22.4. The number of unbranched alkanes of at least 4 members (excludes halogenated alkanes) is 2. The van der Waals surface area contributed by atoms with Gasteiger partial charge in [0.2, 0.25) is 5.91 Å². The van der Waals surface area contributed by atoms with Gasteiger partial charge in [-0.2, -0.15) is 0 Å². The lowest BCUT2D eigenvalue weighted by atomic mass is 9.88. The molecule has 26 heavy (non-hydrogen) atoms. The van der Waals surface area contributed by atoms with Gasteiger partial charge in [0.1, 0.15) is 24.6 Å². The molecule has 1 amide bonds. The van der Waals surface area contributed by atoms with Crippen molar-refractivity contribution in [3.8, 4) is 0 Å². The van der Waals surface area contributed by atoms with E-state index >= 15 is 0 Å². The van der Waals surface area contributed by atoms with E-state index in [9.17, 15) is 34.8 Å². The molecule has 0 saturated carbocycles. The summed E-state index contributed by atoms with van der Waals surface area (Å²) in [5.74, 6) is -5.20. The third-order valence-corrected chi connectivity index (χ3v) is 4.14. The number of amides is 1. The van der Waals surface area contributed by atoms with Crippen molar-refractivity contribution in [3.05, 3.63) is 0 Å². The van der Waals surface area contributed by atoms with Crippen LogP contribution in [-0.4, -0.2) is 91.7 Å². The van der Waals surface area contributed by atoms with E-state index in [4.69, 9.17) is 14.9 Å². The molecule has 1 aliphatic heterocycles. The highest BCUT2D eigenvalue weighted by atomic mass is 16.7. The van der Waals surface area contributed by atoms with Gasteiger partial charge in [-0.25, -0.2) is 4.79 Å². The summed E-state index contributed by atoms with van der Waals surface area (Å²) < 4.78 is 4.96. The van der Waals surface area contributed by atoms with Gasteiger partial charge in [-0.1, -0.05) is 0 Å². The molecule has 1 saturated heterocycles. The molecule has 150 valence electrons. The first-order valence-corrected chi connectivity index (χ1v) is 8.18. The lowest BCUT2D eigenvalue weighted by Gasteiger charge is -2.44. The Bertz CT molecular complexity index is 501. The molecule has 7 N–H and O–H groups in total. The molecule has 1 rings (SSSR count). The Morgan fingerprint density at radius 2 is 1.96 bits per heavy atom. The highest BCUT2D eigenvalue weighted by molar-refractivity contribution is 5.77. The summed E-state index contributed by atoms with van der Waals surface area (Å²) in [5.41, 5.74) is 0. The predicted octanol–water partition coefficient (Wildman–Crippen LogP) is -3.13. The number of aliphatic hydroxyl groups is 5. The second kappa shape index (κ2) is 9.90. The van der Waals surface area contributed by atoms with Crippen LogP contribution in [0.2, 0.25) is 0 Å². The highest BCUT2D eigenvalue weighted by Crippen LogP contribution is 2.30. The van der Waals surface area contributed by atoms with Gasteiger partial charge in [-0.15, -0.1) is 0 Å². The number of hydrogen-bond acceptors (Lipinski definition) is 9. The lowest BCUT2D eigenvalue weighted by molar-refractivity contribution is -0.295. The van der Waals surface area contributed by atoms with Crippen molar-refractivity contribution in [2.24, 2.45) is 0 Å². The van der Waals surface area contributed by atoms with Crippen molar-refractivity contribution in [2.75, 3.05) is 6.61 Å². The summed E-state index contributed by atoms with van der Waals surface area (Å²) in [4.78, 5) is 33.4. The summed E-state index contributed by atoms with van der Waals surface area (Å²) in [6.45, 7) is -0.894. The number of nitrogens with one attached hydrogen (secondary N) is 1. The van der Waals surface area contributed by atoms with Crippen LogP contribution in [0.15, 0.2) is 0 Å². The minimum atomic E-state index is -2.83. The largest absolute Gasteiger partial charge is 0.477 e. The number of ether oxygens (including phenoxy) is 1. The van der Waals surface area contributed by atoms with Gasteiger partial charge in [0.15, 0.2) is 0 Å². The van der Waals surface area contributed by atoms with Crippen LogP contribution in [0.4, 0.5) is 0 Å². The first-order valence-electron chi connectivity index (χ1n) is 8.18. The quantitative estimate of drug-likeness (QED) is 0.151. The number of aldehydes is 1. The molecule has 0 bridgehead atoms. The van der Waals surface area contributed by atoms with Crippen LogP contribution in [0.5, 0.6) is 0 Å². The zero-order valence-electron chi connectivity index (χ0n) is 14.0.